The summed E-state index contributed by atoms with van der Waals surface area (Å²) in [6.07, 6.45) is 5.53. The molecule has 0 radical (unpaired) electrons. The van der Waals surface area contributed by atoms with Crippen LogP contribution in [0.3, 0.4) is 0 Å². The fraction of sp³-hybridized carbons (Fsp3) is 0.647. The van der Waals surface area contributed by atoms with Crippen LogP contribution in [0.2, 0.25) is 0 Å². The summed E-state index contributed by atoms with van der Waals surface area (Å²) < 4.78 is 13.0. The molecule has 1 aromatic carbocycles. The summed E-state index contributed by atoms with van der Waals surface area (Å²) in [4.78, 5) is 5.05. The average molecular weight is 276 g/mol. The lowest BCUT2D eigenvalue weighted by atomic mass is 9.86. The van der Waals surface area contributed by atoms with E-state index in [9.17, 15) is 4.39 Å². The number of hydrogen-bond donors (Lipinski definition) is 0. The number of anilines is 1. The number of benzene rings is 1. The third-order valence-electron chi connectivity index (χ3n) is 5.01. The van der Waals surface area contributed by atoms with Crippen LogP contribution >= 0.6 is 0 Å². The Morgan fingerprint density at radius 1 is 0.900 bits per heavy atom. The second-order valence-corrected chi connectivity index (χ2v) is 6.41. The molecule has 1 heterocycles. The van der Waals surface area contributed by atoms with E-state index in [-0.39, 0.29) is 5.82 Å². The SMILES string of the molecule is CC1CCC(N2CCN(c3ccc(F)cc3)CC2)CC1. The predicted molar refractivity (Wildman–Crippen MR) is 81.6 cm³/mol. The Morgan fingerprint density at radius 3 is 2.10 bits per heavy atom. The fourth-order valence-electron chi connectivity index (χ4n) is 3.60. The summed E-state index contributed by atoms with van der Waals surface area (Å²) in [6.45, 7) is 6.81. The molecule has 0 atom stereocenters. The van der Waals surface area contributed by atoms with E-state index >= 15 is 0 Å². The van der Waals surface area contributed by atoms with Crippen LogP contribution < -0.4 is 4.90 Å². The van der Waals surface area contributed by atoms with Gasteiger partial charge in [0.05, 0.1) is 0 Å². The third kappa shape index (κ3) is 3.14. The monoisotopic (exact) mass is 276 g/mol. The highest BCUT2D eigenvalue weighted by Gasteiger charge is 2.26. The molecule has 110 valence electrons. The largest absolute Gasteiger partial charge is 0.369 e. The van der Waals surface area contributed by atoms with Gasteiger partial charge in [0.1, 0.15) is 5.82 Å². The molecule has 0 bridgehead atoms. The van der Waals surface area contributed by atoms with Crippen LogP contribution in [-0.2, 0) is 0 Å². The Kier molecular flexibility index (Phi) is 4.25. The van der Waals surface area contributed by atoms with E-state index in [0.717, 1.165) is 43.8 Å². The van der Waals surface area contributed by atoms with Crippen LogP contribution in [0, 0.1) is 11.7 Å². The van der Waals surface area contributed by atoms with Gasteiger partial charge in [0.2, 0.25) is 0 Å². The van der Waals surface area contributed by atoms with Gasteiger partial charge in [-0.05, 0) is 55.9 Å². The molecule has 3 rings (SSSR count). The second kappa shape index (κ2) is 6.13. The molecule has 20 heavy (non-hydrogen) atoms. The topological polar surface area (TPSA) is 6.48 Å². The molecule has 0 amide bonds. The van der Waals surface area contributed by atoms with Gasteiger partial charge in [0.15, 0.2) is 0 Å². The molecule has 0 unspecified atom stereocenters. The number of halogens is 1. The van der Waals surface area contributed by atoms with Crippen molar-refractivity contribution in [3.05, 3.63) is 30.1 Å². The van der Waals surface area contributed by atoms with Crippen molar-refractivity contribution in [1.82, 2.24) is 4.90 Å². The molecule has 1 aromatic rings. The highest BCUT2D eigenvalue weighted by molar-refractivity contribution is 5.46. The maximum Gasteiger partial charge on any atom is 0.123 e. The maximum absolute atomic E-state index is 13.0. The Morgan fingerprint density at radius 2 is 1.50 bits per heavy atom. The lowest BCUT2D eigenvalue weighted by Gasteiger charge is -2.42. The molecule has 3 heteroatoms. The van der Waals surface area contributed by atoms with Crippen molar-refractivity contribution in [3.8, 4) is 0 Å². The van der Waals surface area contributed by atoms with E-state index < -0.39 is 0 Å². The first-order chi connectivity index (χ1) is 9.72. The van der Waals surface area contributed by atoms with E-state index in [1.54, 1.807) is 12.1 Å². The Labute approximate surface area is 121 Å². The van der Waals surface area contributed by atoms with Crippen LogP contribution in [0.5, 0.6) is 0 Å². The minimum Gasteiger partial charge on any atom is -0.369 e. The first kappa shape index (κ1) is 13.9. The average Bonchev–Trinajstić information content (AvgIpc) is 2.49. The quantitative estimate of drug-likeness (QED) is 0.815. The lowest BCUT2D eigenvalue weighted by molar-refractivity contribution is 0.133. The molecule has 0 aromatic heterocycles. The molecule has 1 aliphatic carbocycles. The van der Waals surface area contributed by atoms with Gasteiger partial charge in [-0.3, -0.25) is 4.90 Å². The standard InChI is InChI=1S/C17H25FN2/c1-14-2-6-16(7-3-14)19-10-12-20(13-11-19)17-8-4-15(18)5-9-17/h4-5,8-9,14,16H,2-3,6-7,10-13H2,1H3. The van der Waals surface area contributed by atoms with E-state index in [2.05, 4.69) is 16.7 Å². The molecule has 2 fully saturated rings. The zero-order chi connectivity index (χ0) is 13.9. The second-order valence-electron chi connectivity index (χ2n) is 6.41. The van der Waals surface area contributed by atoms with Crippen molar-refractivity contribution in [1.29, 1.82) is 0 Å². The van der Waals surface area contributed by atoms with Gasteiger partial charge in [-0.2, -0.15) is 0 Å². The molecule has 2 aliphatic rings. The van der Waals surface area contributed by atoms with Gasteiger partial charge in [-0.25, -0.2) is 4.39 Å². The number of piperazine rings is 1. The Balaban J connectivity index is 1.53. The smallest absolute Gasteiger partial charge is 0.123 e. The number of nitrogens with zero attached hydrogens (tertiary/aromatic N) is 2. The molecule has 0 N–H and O–H groups in total. The van der Waals surface area contributed by atoms with Gasteiger partial charge in [0, 0.05) is 37.9 Å². The highest BCUT2D eigenvalue weighted by Crippen LogP contribution is 2.28. The predicted octanol–water partition coefficient (Wildman–Crippen LogP) is 3.53. The highest BCUT2D eigenvalue weighted by atomic mass is 19.1. The van der Waals surface area contributed by atoms with Crippen molar-refractivity contribution in [2.75, 3.05) is 31.1 Å². The van der Waals surface area contributed by atoms with Crippen molar-refractivity contribution in [2.24, 2.45) is 5.92 Å². The molecule has 1 saturated carbocycles. The van der Waals surface area contributed by atoms with Gasteiger partial charge < -0.3 is 4.90 Å². The first-order valence-corrected chi connectivity index (χ1v) is 7.97. The third-order valence-corrected chi connectivity index (χ3v) is 5.01. The van der Waals surface area contributed by atoms with Gasteiger partial charge >= 0.3 is 0 Å². The summed E-state index contributed by atoms with van der Waals surface area (Å²) in [5, 5.41) is 0. The maximum atomic E-state index is 13.0. The summed E-state index contributed by atoms with van der Waals surface area (Å²) >= 11 is 0. The molecule has 1 saturated heterocycles. The minimum absolute atomic E-state index is 0.149. The van der Waals surface area contributed by atoms with Gasteiger partial charge in [-0.1, -0.05) is 6.92 Å². The molecule has 1 aliphatic heterocycles. The van der Waals surface area contributed by atoms with Crippen molar-refractivity contribution >= 4 is 5.69 Å². The van der Waals surface area contributed by atoms with Crippen molar-refractivity contribution in [2.45, 2.75) is 38.6 Å². The summed E-state index contributed by atoms with van der Waals surface area (Å²) in [5.74, 6) is 0.774. The van der Waals surface area contributed by atoms with Crippen LogP contribution in [0.15, 0.2) is 24.3 Å². The Bertz CT molecular complexity index is 415. The van der Waals surface area contributed by atoms with E-state index in [4.69, 9.17) is 0 Å². The Hall–Kier alpha value is -1.09. The molecule has 2 nitrogen and oxygen atoms in total. The van der Waals surface area contributed by atoms with E-state index in [0.29, 0.717) is 0 Å². The number of rotatable bonds is 2. The van der Waals surface area contributed by atoms with Gasteiger partial charge in [-0.15, -0.1) is 0 Å². The zero-order valence-corrected chi connectivity index (χ0v) is 12.4. The minimum atomic E-state index is -0.149. The first-order valence-electron chi connectivity index (χ1n) is 7.97. The van der Waals surface area contributed by atoms with Crippen LogP contribution in [-0.4, -0.2) is 37.1 Å². The van der Waals surface area contributed by atoms with Crippen molar-refractivity contribution in [3.63, 3.8) is 0 Å². The summed E-state index contributed by atoms with van der Waals surface area (Å²) in [5.41, 5.74) is 1.16. The molecule has 0 spiro atoms. The van der Waals surface area contributed by atoms with E-state index in [1.165, 1.54) is 25.7 Å². The summed E-state index contributed by atoms with van der Waals surface area (Å²) in [7, 11) is 0. The summed E-state index contributed by atoms with van der Waals surface area (Å²) in [6, 6.07) is 7.72. The van der Waals surface area contributed by atoms with Gasteiger partial charge in [0.25, 0.3) is 0 Å². The van der Waals surface area contributed by atoms with Crippen molar-refractivity contribution < 1.29 is 4.39 Å². The van der Waals surface area contributed by atoms with E-state index in [1.807, 2.05) is 12.1 Å². The van der Waals surface area contributed by atoms with Crippen LogP contribution in [0.1, 0.15) is 32.6 Å². The van der Waals surface area contributed by atoms with Crippen LogP contribution in [0.4, 0.5) is 10.1 Å². The van der Waals surface area contributed by atoms with Crippen LogP contribution in [0.25, 0.3) is 0 Å². The normalized spacial score (nSPS) is 28.6. The fourth-order valence-corrected chi connectivity index (χ4v) is 3.60. The lowest BCUT2D eigenvalue weighted by Crippen LogP contribution is -2.51. The number of hydrogen-bond acceptors (Lipinski definition) is 2. The molecular weight excluding hydrogens is 251 g/mol. The zero-order valence-electron chi connectivity index (χ0n) is 12.4. The molecular formula is C17H25FN2.